The first kappa shape index (κ1) is 17.5. The molecule has 0 amide bonds. The van der Waals surface area contributed by atoms with Gasteiger partial charge in [-0.15, -0.1) is 0 Å². The van der Waals surface area contributed by atoms with Crippen molar-refractivity contribution in [2.45, 2.75) is 13.5 Å². The maximum absolute atomic E-state index is 13.8. The van der Waals surface area contributed by atoms with Gasteiger partial charge >= 0.3 is 0 Å². The number of rotatable bonds is 4. The standard InChI is InChI=1S/C18H19F2N7/c1-13-23-17(9-18(24-13)27-4-2-3-22-27)26-7-5-25(6-8-26)12-14-15(19)10-21-11-16(14)20/h2-4,9-11H,5-8,12H2,1H3. The largest absolute Gasteiger partial charge is 0.354 e. The van der Waals surface area contributed by atoms with E-state index in [1.807, 2.05) is 30.2 Å². The third kappa shape index (κ3) is 3.77. The molecule has 0 aliphatic carbocycles. The molecule has 0 atom stereocenters. The number of anilines is 1. The summed E-state index contributed by atoms with van der Waals surface area (Å²) in [6, 6.07) is 3.74. The van der Waals surface area contributed by atoms with Gasteiger partial charge in [0.2, 0.25) is 0 Å². The highest BCUT2D eigenvalue weighted by atomic mass is 19.1. The summed E-state index contributed by atoms with van der Waals surface area (Å²) in [4.78, 5) is 16.7. The Hall–Kier alpha value is -2.94. The quantitative estimate of drug-likeness (QED) is 0.699. The van der Waals surface area contributed by atoms with Gasteiger partial charge in [0.05, 0.1) is 12.4 Å². The third-order valence-electron chi connectivity index (χ3n) is 4.58. The molecule has 1 aliphatic rings. The number of hydrogen-bond donors (Lipinski definition) is 0. The molecule has 3 aromatic rings. The fourth-order valence-corrected chi connectivity index (χ4v) is 3.17. The van der Waals surface area contributed by atoms with Crippen molar-refractivity contribution in [1.82, 2.24) is 29.6 Å². The molecule has 0 N–H and O–H groups in total. The van der Waals surface area contributed by atoms with Crippen LogP contribution in [0.2, 0.25) is 0 Å². The van der Waals surface area contributed by atoms with E-state index in [1.165, 1.54) is 0 Å². The summed E-state index contributed by atoms with van der Waals surface area (Å²) in [5, 5.41) is 4.21. The van der Waals surface area contributed by atoms with E-state index in [-0.39, 0.29) is 12.1 Å². The zero-order valence-electron chi connectivity index (χ0n) is 14.9. The first-order valence-corrected chi connectivity index (χ1v) is 8.71. The molecule has 4 heterocycles. The number of nitrogens with zero attached hydrogens (tertiary/aromatic N) is 7. The summed E-state index contributed by atoms with van der Waals surface area (Å²) in [5.74, 6) is 1.00. The van der Waals surface area contributed by atoms with E-state index in [0.29, 0.717) is 37.8 Å². The lowest BCUT2D eigenvalue weighted by molar-refractivity contribution is 0.242. The van der Waals surface area contributed by atoms with Gasteiger partial charge in [-0.25, -0.2) is 23.4 Å². The highest BCUT2D eigenvalue weighted by Crippen LogP contribution is 2.19. The second-order valence-corrected chi connectivity index (χ2v) is 6.43. The van der Waals surface area contributed by atoms with Gasteiger partial charge in [-0.05, 0) is 13.0 Å². The summed E-state index contributed by atoms with van der Waals surface area (Å²) in [6.07, 6.45) is 5.64. The number of halogens is 2. The summed E-state index contributed by atoms with van der Waals surface area (Å²) in [6.45, 7) is 4.87. The Kier molecular flexibility index (Phi) is 4.76. The molecule has 3 aromatic heterocycles. The highest BCUT2D eigenvalue weighted by Gasteiger charge is 2.21. The maximum Gasteiger partial charge on any atom is 0.159 e. The molecule has 0 spiro atoms. The Morgan fingerprint density at radius 2 is 1.70 bits per heavy atom. The van der Waals surface area contributed by atoms with Gasteiger partial charge < -0.3 is 4.90 Å². The van der Waals surface area contributed by atoms with E-state index in [0.717, 1.165) is 18.2 Å². The van der Waals surface area contributed by atoms with Crippen molar-refractivity contribution in [3.05, 3.63) is 59.9 Å². The molecule has 1 aliphatic heterocycles. The molecule has 0 unspecified atom stereocenters. The van der Waals surface area contributed by atoms with Gasteiger partial charge in [-0.2, -0.15) is 5.10 Å². The molecule has 0 saturated carbocycles. The van der Waals surface area contributed by atoms with Crippen LogP contribution in [0.1, 0.15) is 11.4 Å². The summed E-state index contributed by atoms with van der Waals surface area (Å²) in [7, 11) is 0. The van der Waals surface area contributed by atoms with Gasteiger partial charge in [0.25, 0.3) is 0 Å². The molecule has 1 fully saturated rings. The average molecular weight is 371 g/mol. The van der Waals surface area contributed by atoms with Crippen LogP contribution in [-0.2, 0) is 6.54 Å². The van der Waals surface area contributed by atoms with Crippen molar-refractivity contribution in [2.24, 2.45) is 0 Å². The molecule has 1 saturated heterocycles. The highest BCUT2D eigenvalue weighted by molar-refractivity contribution is 5.44. The average Bonchev–Trinajstić information content (AvgIpc) is 3.20. The van der Waals surface area contributed by atoms with Crippen LogP contribution < -0.4 is 4.90 Å². The number of pyridine rings is 1. The van der Waals surface area contributed by atoms with E-state index >= 15 is 0 Å². The topological polar surface area (TPSA) is 63.0 Å². The summed E-state index contributed by atoms with van der Waals surface area (Å²) >= 11 is 0. The number of aromatic nitrogens is 5. The molecule has 27 heavy (non-hydrogen) atoms. The van der Waals surface area contributed by atoms with E-state index in [4.69, 9.17) is 0 Å². The lowest BCUT2D eigenvalue weighted by atomic mass is 10.2. The van der Waals surface area contributed by atoms with Gasteiger partial charge in [0.1, 0.15) is 23.3 Å². The molecule has 0 radical (unpaired) electrons. The molecule has 4 rings (SSSR count). The Bertz CT molecular complexity index is 901. The zero-order valence-corrected chi connectivity index (χ0v) is 14.9. The van der Waals surface area contributed by atoms with E-state index in [2.05, 4.69) is 25.0 Å². The molecule has 0 bridgehead atoms. The van der Waals surface area contributed by atoms with Crippen molar-refractivity contribution in [3.8, 4) is 5.82 Å². The fraction of sp³-hybridized carbons (Fsp3) is 0.333. The van der Waals surface area contributed by atoms with Crippen LogP contribution in [0.5, 0.6) is 0 Å². The number of aryl methyl sites for hydroxylation is 1. The second kappa shape index (κ2) is 7.36. The Labute approximate surface area is 155 Å². The Morgan fingerprint density at radius 3 is 2.37 bits per heavy atom. The van der Waals surface area contributed by atoms with Crippen LogP contribution in [0.3, 0.4) is 0 Å². The molecular weight excluding hydrogens is 352 g/mol. The van der Waals surface area contributed by atoms with Gasteiger partial charge in [-0.1, -0.05) is 0 Å². The van der Waals surface area contributed by atoms with Gasteiger partial charge in [0.15, 0.2) is 5.82 Å². The Morgan fingerprint density at radius 1 is 1.00 bits per heavy atom. The van der Waals surface area contributed by atoms with E-state index < -0.39 is 11.6 Å². The summed E-state index contributed by atoms with van der Waals surface area (Å²) in [5.41, 5.74) is 0.0669. The van der Waals surface area contributed by atoms with Crippen LogP contribution in [0, 0.1) is 18.6 Å². The second-order valence-electron chi connectivity index (χ2n) is 6.43. The minimum Gasteiger partial charge on any atom is -0.354 e. The van der Waals surface area contributed by atoms with Crippen molar-refractivity contribution < 1.29 is 8.78 Å². The first-order valence-electron chi connectivity index (χ1n) is 8.71. The number of hydrogen-bond acceptors (Lipinski definition) is 6. The third-order valence-corrected chi connectivity index (χ3v) is 4.58. The van der Waals surface area contributed by atoms with Crippen LogP contribution in [0.25, 0.3) is 5.82 Å². The van der Waals surface area contributed by atoms with Gasteiger partial charge in [0, 0.05) is 56.7 Å². The number of piperazine rings is 1. The van der Waals surface area contributed by atoms with E-state index in [1.54, 1.807) is 10.9 Å². The lowest BCUT2D eigenvalue weighted by Gasteiger charge is -2.35. The molecule has 140 valence electrons. The molecule has 9 heteroatoms. The Balaban J connectivity index is 1.45. The summed E-state index contributed by atoms with van der Waals surface area (Å²) < 4.78 is 29.3. The van der Waals surface area contributed by atoms with Crippen LogP contribution in [0.15, 0.2) is 36.9 Å². The van der Waals surface area contributed by atoms with Crippen LogP contribution >= 0.6 is 0 Å². The van der Waals surface area contributed by atoms with Crippen molar-refractivity contribution in [3.63, 3.8) is 0 Å². The lowest BCUT2D eigenvalue weighted by Crippen LogP contribution is -2.46. The maximum atomic E-state index is 13.8. The van der Waals surface area contributed by atoms with Crippen molar-refractivity contribution in [1.29, 1.82) is 0 Å². The van der Waals surface area contributed by atoms with Crippen LogP contribution in [-0.4, -0.2) is 55.8 Å². The predicted octanol–water partition coefficient (Wildman–Crippen LogP) is 1.97. The molecule has 0 aromatic carbocycles. The smallest absolute Gasteiger partial charge is 0.159 e. The SMILES string of the molecule is Cc1nc(N2CCN(Cc3c(F)cncc3F)CC2)cc(-n2cccn2)n1. The first-order chi connectivity index (χ1) is 13.1. The molecular formula is C18H19F2N7. The minimum absolute atomic E-state index is 0.0669. The monoisotopic (exact) mass is 371 g/mol. The zero-order chi connectivity index (χ0) is 18.8. The predicted molar refractivity (Wildman–Crippen MR) is 95.5 cm³/mol. The fourth-order valence-electron chi connectivity index (χ4n) is 3.17. The minimum atomic E-state index is -0.604. The normalized spacial score (nSPS) is 15.3. The van der Waals surface area contributed by atoms with Crippen LogP contribution in [0.4, 0.5) is 14.6 Å². The molecule has 7 nitrogen and oxygen atoms in total. The van der Waals surface area contributed by atoms with E-state index in [9.17, 15) is 8.78 Å². The van der Waals surface area contributed by atoms with Crippen molar-refractivity contribution >= 4 is 5.82 Å². The van der Waals surface area contributed by atoms with Gasteiger partial charge in [-0.3, -0.25) is 9.88 Å². The van der Waals surface area contributed by atoms with Crippen molar-refractivity contribution in [2.75, 3.05) is 31.1 Å².